The van der Waals surface area contributed by atoms with Crippen LogP contribution in [-0.4, -0.2) is 25.9 Å². The summed E-state index contributed by atoms with van der Waals surface area (Å²) in [5.41, 5.74) is 0. The number of halogens is 1. The summed E-state index contributed by atoms with van der Waals surface area (Å²) < 4.78 is 63.0. The highest BCUT2D eigenvalue weighted by Gasteiger charge is 2.26. The van der Waals surface area contributed by atoms with Crippen molar-refractivity contribution in [3.8, 4) is 0 Å². The van der Waals surface area contributed by atoms with Gasteiger partial charge in [0.25, 0.3) is 20.2 Å². The molecule has 2 N–H and O–H groups in total. The fourth-order valence-electron chi connectivity index (χ4n) is 1.69. The largest absolute Gasteiger partial charge is 0.296 e. The van der Waals surface area contributed by atoms with E-state index in [1.54, 1.807) is 12.1 Å². The van der Waals surface area contributed by atoms with Crippen molar-refractivity contribution in [2.24, 2.45) is 0 Å². The third-order valence-electron chi connectivity index (χ3n) is 2.38. The van der Waals surface area contributed by atoms with E-state index in [0.717, 1.165) is 6.07 Å². The number of hydrogen-bond acceptors (Lipinski definition) is 4. The minimum absolute atomic E-state index is 0. The molecule has 0 saturated heterocycles. The highest BCUT2D eigenvalue weighted by molar-refractivity contribution is 7.89. The Hall–Kier alpha value is -1.19. The molecule has 0 aliphatic rings. The van der Waals surface area contributed by atoms with Crippen LogP contribution in [0.1, 0.15) is 0 Å². The molecule has 2 aromatic carbocycles. The molecule has 2 rings (SSSR count). The van der Waals surface area contributed by atoms with E-state index in [4.69, 9.17) is 9.11 Å². The fraction of sp³-hybridized carbons (Fsp3) is 0. The molecule has 0 atom stereocenters. The Balaban J connectivity index is 0.00000180. The number of benzene rings is 2. The predicted octanol–water partition coefficient (Wildman–Crippen LogP) is 1.76. The van der Waals surface area contributed by atoms with Crippen molar-refractivity contribution < 1.29 is 25.9 Å². The summed E-state index contributed by atoms with van der Waals surface area (Å²) in [5.74, 6) is 0. The zero-order valence-corrected chi connectivity index (χ0v) is 11.7. The lowest BCUT2D eigenvalue weighted by molar-refractivity contribution is 0.467. The molecule has 0 aliphatic carbocycles. The van der Waals surface area contributed by atoms with E-state index in [-0.39, 0.29) is 17.8 Å². The van der Waals surface area contributed by atoms with Gasteiger partial charge < -0.3 is 0 Å². The van der Waals surface area contributed by atoms with Crippen LogP contribution in [0.25, 0.3) is 10.8 Å². The second-order valence-corrected chi connectivity index (χ2v) is 6.31. The van der Waals surface area contributed by atoms with Crippen LogP contribution in [0.2, 0.25) is 0 Å². The van der Waals surface area contributed by atoms with Crippen molar-refractivity contribution in [2.45, 2.75) is 9.79 Å². The zero-order valence-electron chi connectivity index (χ0n) is 9.22. The summed E-state index contributed by atoms with van der Waals surface area (Å²) in [6, 6.07) is 8.28. The molecule has 0 spiro atoms. The normalized spacial score (nSPS) is 12.1. The Labute approximate surface area is 116 Å². The molecule has 0 bridgehead atoms. The van der Waals surface area contributed by atoms with Crippen molar-refractivity contribution in [2.75, 3.05) is 0 Å². The second kappa shape index (κ2) is 5.06. The first-order valence-electron chi connectivity index (χ1n) is 4.68. The quantitative estimate of drug-likeness (QED) is 0.815. The van der Waals surface area contributed by atoms with Gasteiger partial charge in [0.2, 0.25) is 0 Å². The van der Waals surface area contributed by atoms with Gasteiger partial charge in [0, 0.05) is 5.39 Å². The summed E-state index contributed by atoms with van der Waals surface area (Å²) in [5, 5.41) is 0.452. The van der Waals surface area contributed by atoms with Crippen LogP contribution in [-0.2, 0) is 20.2 Å². The maximum absolute atomic E-state index is 11.3. The molecule has 0 radical (unpaired) electrons. The Kier molecular flexibility index (Phi) is 4.23. The molecule has 9 heteroatoms. The van der Waals surface area contributed by atoms with Crippen LogP contribution in [0.5, 0.6) is 0 Å². The van der Waals surface area contributed by atoms with Crippen molar-refractivity contribution in [3.05, 3.63) is 36.4 Å². The van der Waals surface area contributed by atoms with Gasteiger partial charge in [0.15, 0.2) is 0 Å². The average Bonchev–Trinajstić information content (AvgIpc) is 2.24. The first kappa shape index (κ1) is 15.9. The van der Waals surface area contributed by atoms with Crippen LogP contribution < -0.4 is 0 Å². The highest BCUT2D eigenvalue weighted by Crippen LogP contribution is 2.29. The van der Waals surface area contributed by atoms with Crippen LogP contribution in [0, 0.1) is 0 Å². The number of rotatable bonds is 2. The van der Waals surface area contributed by atoms with Crippen molar-refractivity contribution in [1.82, 2.24) is 0 Å². The van der Waals surface area contributed by atoms with Crippen LogP contribution in [0.3, 0.4) is 0 Å². The van der Waals surface area contributed by atoms with Crippen LogP contribution in [0.4, 0.5) is 0 Å². The smallest absolute Gasteiger partial charge is 0.282 e. The Bertz CT molecular complexity index is 826. The lowest BCUT2D eigenvalue weighted by Crippen LogP contribution is -2.09. The van der Waals surface area contributed by atoms with E-state index in [2.05, 4.69) is 0 Å². The summed E-state index contributed by atoms with van der Waals surface area (Å²) in [4.78, 5) is -1.66. The Morgan fingerprint density at radius 1 is 0.789 bits per heavy atom. The third kappa shape index (κ3) is 3.04. The van der Waals surface area contributed by atoms with Gasteiger partial charge >= 0.3 is 0 Å². The molecule has 19 heavy (non-hydrogen) atoms. The average molecular weight is 325 g/mol. The van der Waals surface area contributed by atoms with E-state index in [9.17, 15) is 16.8 Å². The summed E-state index contributed by atoms with van der Waals surface area (Å²) in [7, 11) is -9.53. The molecule has 0 unspecified atom stereocenters. The molecular formula is C10H9ClO6S2. The lowest BCUT2D eigenvalue weighted by Gasteiger charge is -2.08. The molecule has 0 heterocycles. The maximum Gasteiger partial charge on any atom is 0.296 e. The molecule has 6 nitrogen and oxygen atoms in total. The van der Waals surface area contributed by atoms with Gasteiger partial charge in [-0.1, -0.05) is 30.3 Å². The van der Waals surface area contributed by atoms with Gasteiger partial charge in [-0.2, -0.15) is 16.8 Å². The van der Waals surface area contributed by atoms with Crippen molar-refractivity contribution in [1.29, 1.82) is 0 Å². The summed E-state index contributed by atoms with van der Waals surface area (Å²) >= 11 is 0. The van der Waals surface area contributed by atoms with E-state index in [1.807, 2.05) is 0 Å². The molecular weight excluding hydrogens is 316 g/mol. The first-order chi connectivity index (χ1) is 8.21. The highest BCUT2D eigenvalue weighted by atomic mass is 35.5. The van der Waals surface area contributed by atoms with Crippen molar-refractivity contribution in [3.63, 3.8) is 0 Å². The lowest BCUT2D eigenvalue weighted by atomic mass is 10.1. The molecule has 0 fully saturated rings. The van der Waals surface area contributed by atoms with Gasteiger partial charge in [-0.25, -0.2) is 0 Å². The molecule has 0 aliphatic heterocycles. The molecule has 104 valence electrons. The number of hydrogen-bond donors (Lipinski definition) is 2. The third-order valence-corrected chi connectivity index (χ3v) is 4.36. The molecule has 0 aromatic heterocycles. The van der Waals surface area contributed by atoms with E-state index in [1.165, 1.54) is 18.2 Å². The molecule has 0 saturated carbocycles. The maximum atomic E-state index is 11.3. The van der Waals surface area contributed by atoms with Crippen LogP contribution in [0.15, 0.2) is 46.2 Å². The molecule has 0 amide bonds. The monoisotopic (exact) mass is 324 g/mol. The second-order valence-electron chi connectivity index (χ2n) is 3.56. The van der Waals surface area contributed by atoms with Crippen molar-refractivity contribution >= 4 is 43.4 Å². The summed E-state index contributed by atoms with van der Waals surface area (Å²) in [6.45, 7) is 0. The van der Waals surface area contributed by atoms with E-state index in [0.29, 0.717) is 5.39 Å². The van der Waals surface area contributed by atoms with Gasteiger partial charge in [0.1, 0.15) is 9.79 Å². The SMILES string of the molecule is Cl.O=S(=O)(O)c1ccc2ccccc2c1S(=O)(=O)O. The minimum atomic E-state index is -4.78. The van der Waals surface area contributed by atoms with Gasteiger partial charge in [-0.3, -0.25) is 9.11 Å². The summed E-state index contributed by atoms with van der Waals surface area (Å²) in [6.07, 6.45) is 0. The molecule has 2 aromatic rings. The standard InChI is InChI=1S/C10H8O6S2.ClH/c11-17(12,13)9-6-5-7-3-1-2-4-8(7)10(9)18(14,15)16;/h1-6H,(H,11,12,13)(H,14,15,16);1H. The minimum Gasteiger partial charge on any atom is -0.282 e. The van der Waals surface area contributed by atoms with Gasteiger partial charge in [0.05, 0.1) is 0 Å². The zero-order chi connectivity index (χ0) is 13.6. The first-order valence-corrected chi connectivity index (χ1v) is 7.56. The fourth-order valence-corrected chi connectivity index (χ4v) is 3.69. The van der Waals surface area contributed by atoms with Gasteiger partial charge in [-0.05, 0) is 11.5 Å². The van der Waals surface area contributed by atoms with E-state index < -0.39 is 30.0 Å². The topological polar surface area (TPSA) is 109 Å². The van der Waals surface area contributed by atoms with Gasteiger partial charge in [-0.15, -0.1) is 12.4 Å². The Morgan fingerprint density at radius 3 is 1.89 bits per heavy atom. The van der Waals surface area contributed by atoms with Crippen LogP contribution >= 0.6 is 12.4 Å². The Morgan fingerprint density at radius 2 is 1.37 bits per heavy atom. The number of fused-ring (bicyclic) bond motifs is 1. The van der Waals surface area contributed by atoms with E-state index >= 15 is 0 Å². The predicted molar refractivity (Wildman–Crippen MR) is 70.8 cm³/mol.